The maximum absolute atomic E-state index is 12.2. The number of nitrogens with one attached hydrogen (secondary N) is 1. The molecular weight excluding hydrogens is 386 g/mol. The molecule has 0 aliphatic carbocycles. The molecule has 2 aromatic heterocycles. The van der Waals surface area contributed by atoms with Gasteiger partial charge in [0.2, 0.25) is 0 Å². The lowest BCUT2D eigenvalue weighted by molar-refractivity contribution is -0.121. The van der Waals surface area contributed by atoms with Crippen molar-refractivity contribution in [3.63, 3.8) is 0 Å². The second-order valence-electron chi connectivity index (χ2n) is 6.42. The van der Waals surface area contributed by atoms with Crippen LogP contribution < -0.4 is 14.9 Å². The summed E-state index contributed by atoms with van der Waals surface area (Å²) < 4.78 is 12.3. The number of benzene rings is 1. The summed E-state index contributed by atoms with van der Waals surface area (Å²) in [5.74, 6) is -0.229. The molecule has 0 unspecified atom stereocenters. The monoisotopic (exact) mass is 407 g/mol. The van der Waals surface area contributed by atoms with Gasteiger partial charge >= 0.3 is 5.97 Å². The highest BCUT2D eigenvalue weighted by molar-refractivity contribution is 5.91. The summed E-state index contributed by atoms with van der Waals surface area (Å²) in [6, 6.07) is 10.1. The number of carbonyl (C=O) groups is 2. The summed E-state index contributed by atoms with van der Waals surface area (Å²) in [6.07, 6.45) is 4.46. The number of esters is 1. The van der Waals surface area contributed by atoms with Gasteiger partial charge in [0, 0.05) is 18.1 Å². The molecule has 9 heteroatoms. The zero-order valence-corrected chi connectivity index (χ0v) is 16.8. The van der Waals surface area contributed by atoms with E-state index in [2.05, 4.69) is 20.6 Å². The molecular formula is C21H21N5O4. The minimum atomic E-state index is -0.542. The van der Waals surface area contributed by atoms with E-state index in [1.54, 1.807) is 41.2 Å². The van der Waals surface area contributed by atoms with Crippen LogP contribution >= 0.6 is 0 Å². The summed E-state index contributed by atoms with van der Waals surface area (Å²) in [4.78, 5) is 28.1. The van der Waals surface area contributed by atoms with Crippen LogP contribution in [0.25, 0.3) is 0 Å². The molecule has 0 radical (unpaired) electrons. The lowest BCUT2D eigenvalue weighted by atomic mass is 10.2. The molecule has 0 saturated heterocycles. The van der Waals surface area contributed by atoms with Gasteiger partial charge in [-0.3, -0.25) is 14.5 Å². The Morgan fingerprint density at radius 3 is 2.70 bits per heavy atom. The smallest absolute Gasteiger partial charge is 0.345 e. The highest BCUT2D eigenvalue weighted by atomic mass is 16.6. The molecule has 0 aliphatic rings. The first-order valence-electron chi connectivity index (χ1n) is 9.09. The Hall–Kier alpha value is -4.01. The minimum Gasteiger partial charge on any atom is -0.493 e. The Kier molecular flexibility index (Phi) is 6.53. The number of hydrazone groups is 1. The van der Waals surface area contributed by atoms with Gasteiger partial charge in [-0.05, 0) is 55.8 Å². The second kappa shape index (κ2) is 9.46. The Morgan fingerprint density at radius 1 is 1.20 bits per heavy atom. The van der Waals surface area contributed by atoms with E-state index in [9.17, 15) is 9.59 Å². The van der Waals surface area contributed by atoms with Crippen LogP contribution in [0.3, 0.4) is 0 Å². The van der Waals surface area contributed by atoms with Crippen LogP contribution in [0.1, 0.15) is 27.3 Å². The van der Waals surface area contributed by atoms with Crippen LogP contribution in [0.2, 0.25) is 0 Å². The van der Waals surface area contributed by atoms with Gasteiger partial charge < -0.3 is 9.47 Å². The van der Waals surface area contributed by atoms with E-state index in [0.29, 0.717) is 16.9 Å². The zero-order valence-electron chi connectivity index (χ0n) is 16.8. The van der Waals surface area contributed by atoms with Crippen molar-refractivity contribution in [1.29, 1.82) is 0 Å². The van der Waals surface area contributed by atoms with Crippen molar-refractivity contribution in [3.8, 4) is 11.5 Å². The molecule has 1 amide bonds. The van der Waals surface area contributed by atoms with Gasteiger partial charge in [-0.1, -0.05) is 0 Å². The fraction of sp³-hybridized carbons (Fsp3) is 0.190. The molecule has 0 saturated carbocycles. The van der Waals surface area contributed by atoms with Crippen molar-refractivity contribution in [1.82, 2.24) is 20.2 Å². The molecule has 0 bridgehead atoms. The number of methoxy groups -OCH3 is 1. The quantitative estimate of drug-likeness (QED) is 0.279. The van der Waals surface area contributed by atoms with Crippen molar-refractivity contribution in [2.24, 2.45) is 5.10 Å². The Balaban J connectivity index is 1.62. The van der Waals surface area contributed by atoms with Crippen molar-refractivity contribution in [2.45, 2.75) is 20.4 Å². The Bertz CT molecular complexity index is 1080. The standard InChI is InChI=1S/C21H21N5O4/c1-14-9-15(2)26(25-14)13-20(27)24-23-11-16-6-7-18(19(10-16)29-3)30-21(28)17-5-4-8-22-12-17/h4-12H,13H2,1-3H3,(H,24,27)/b23-11-. The van der Waals surface area contributed by atoms with E-state index >= 15 is 0 Å². The fourth-order valence-electron chi connectivity index (χ4n) is 2.68. The first-order valence-corrected chi connectivity index (χ1v) is 9.09. The van der Waals surface area contributed by atoms with Gasteiger partial charge in [-0.2, -0.15) is 10.2 Å². The molecule has 154 valence electrons. The van der Waals surface area contributed by atoms with E-state index in [1.165, 1.54) is 19.5 Å². The Labute approximate surface area is 173 Å². The number of aryl methyl sites for hydroxylation is 2. The predicted molar refractivity (Wildman–Crippen MR) is 110 cm³/mol. The third kappa shape index (κ3) is 5.28. The number of hydrogen-bond donors (Lipinski definition) is 1. The van der Waals surface area contributed by atoms with Gasteiger partial charge in [-0.25, -0.2) is 10.2 Å². The molecule has 3 rings (SSSR count). The Morgan fingerprint density at radius 2 is 2.03 bits per heavy atom. The first-order chi connectivity index (χ1) is 14.5. The molecule has 3 aromatic rings. The van der Waals surface area contributed by atoms with Gasteiger partial charge in [0.25, 0.3) is 5.91 Å². The van der Waals surface area contributed by atoms with Crippen molar-refractivity contribution in [2.75, 3.05) is 7.11 Å². The average Bonchev–Trinajstić information content (AvgIpc) is 3.06. The third-order valence-electron chi connectivity index (χ3n) is 4.09. The zero-order chi connectivity index (χ0) is 21.5. The molecule has 1 N–H and O–H groups in total. The van der Waals surface area contributed by atoms with E-state index in [-0.39, 0.29) is 18.2 Å². The number of nitrogens with zero attached hydrogens (tertiary/aromatic N) is 4. The van der Waals surface area contributed by atoms with Crippen LogP contribution in [0.15, 0.2) is 53.9 Å². The molecule has 2 heterocycles. The largest absolute Gasteiger partial charge is 0.493 e. The average molecular weight is 407 g/mol. The van der Waals surface area contributed by atoms with Crippen LogP contribution in [-0.4, -0.2) is 40.0 Å². The third-order valence-corrected chi connectivity index (χ3v) is 4.09. The van der Waals surface area contributed by atoms with Crippen molar-refractivity contribution < 1.29 is 19.1 Å². The summed E-state index contributed by atoms with van der Waals surface area (Å²) >= 11 is 0. The normalized spacial score (nSPS) is 10.8. The molecule has 30 heavy (non-hydrogen) atoms. The van der Waals surface area contributed by atoms with E-state index < -0.39 is 5.97 Å². The number of carbonyl (C=O) groups excluding carboxylic acids is 2. The molecule has 0 atom stereocenters. The summed E-state index contributed by atoms with van der Waals surface area (Å²) in [6.45, 7) is 3.82. The van der Waals surface area contributed by atoms with Crippen molar-refractivity contribution >= 4 is 18.1 Å². The van der Waals surface area contributed by atoms with E-state index in [4.69, 9.17) is 9.47 Å². The van der Waals surface area contributed by atoms with Gasteiger partial charge in [0.15, 0.2) is 11.5 Å². The fourth-order valence-corrected chi connectivity index (χ4v) is 2.68. The predicted octanol–water partition coefficient (Wildman–Crippen LogP) is 2.27. The highest BCUT2D eigenvalue weighted by Gasteiger charge is 2.13. The van der Waals surface area contributed by atoms with E-state index in [1.807, 2.05) is 19.9 Å². The van der Waals surface area contributed by atoms with Crippen LogP contribution in [0, 0.1) is 13.8 Å². The molecule has 1 aromatic carbocycles. The second-order valence-corrected chi connectivity index (χ2v) is 6.42. The molecule has 9 nitrogen and oxygen atoms in total. The number of aromatic nitrogens is 3. The van der Waals surface area contributed by atoms with Gasteiger partial charge in [-0.15, -0.1) is 0 Å². The first kappa shape index (κ1) is 20.7. The lowest BCUT2D eigenvalue weighted by Gasteiger charge is -2.09. The van der Waals surface area contributed by atoms with Crippen molar-refractivity contribution in [3.05, 3.63) is 71.3 Å². The summed E-state index contributed by atoms with van der Waals surface area (Å²) in [5.41, 5.74) is 5.18. The molecule has 0 spiro atoms. The van der Waals surface area contributed by atoms with Crippen LogP contribution in [0.4, 0.5) is 0 Å². The summed E-state index contributed by atoms with van der Waals surface area (Å²) in [7, 11) is 1.47. The van der Waals surface area contributed by atoms with Crippen LogP contribution in [0.5, 0.6) is 11.5 Å². The minimum absolute atomic E-state index is 0.0730. The number of amides is 1. The topological polar surface area (TPSA) is 108 Å². The summed E-state index contributed by atoms with van der Waals surface area (Å²) in [5, 5.41) is 8.19. The number of rotatable bonds is 7. The number of pyridine rings is 1. The van der Waals surface area contributed by atoms with Gasteiger partial charge in [0.05, 0.1) is 24.6 Å². The molecule has 0 fully saturated rings. The van der Waals surface area contributed by atoms with Gasteiger partial charge in [0.1, 0.15) is 6.54 Å². The molecule has 0 aliphatic heterocycles. The maximum atomic E-state index is 12.2. The van der Waals surface area contributed by atoms with E-state index in [0.717, 1.165) is 11.4 Å². The number of ether oxygens (including phenoxy) is 2. The van der Waals surface area contributed by atoms with Crippen LogP contribution in [-0.2, 0) is 11.3 Å². The lowest BCUT2D eigenvalue weighted by Crippen LogP contribution is -2.24. The highest BCUT2D eigenvalue weighted by Crippen LogP contribution is 2.28. The SMILES string of the molecule is COc1cc(/C=N\NC(=O)Cn2nc(C)cc2C)ccc1OC(=O)c1cccnc1. The number of hydrogen-bond acceptors (Lipinski definition) is 7. The maximum Gasteiger partial charge on any atom is 0.345 e.